The first-order chi connectivity index (χ1) is 18.3. The summed E-state index contributed by atoms with van der Waals surface area (Å²) in [4.78, 5) is 35.1. The van der Waals surface area contributed by atoms with Crippen molar-refractivity contribution in [1.29, 1.82) is 0 Å². The Morgan fingerprint density at radius 3 is 2.26 bits per heavy atom. The SMILES string of the molecule is CCOC(=O)c1cn(Cc2cccc(/C=N\N)c2)cc1Cc1ccc(C(=O)N(C)C)cc1.O=C(O)C(F)(F)F. The molecular weight excluding hydrogens is 517 g/mol. The summed E-state index contributed by atoms with van der Waals surface area (Å²) in [7, 11) is 3.45. The molecule has 3 aromatic rings. The standard InChI is InChI=1S/C25H28N4O3.C2HF3O2/c1-4-32-25(31)23-17-29(15-20-7-5-6-19(12-20)14-27-26)16-22(23)13-18-8-10-21(11-9-18)24(30)28(2)3;3-2(4,5)1(6)7/h5-12,14,16-17H,4,13,15,26H2,1-3H3;(H,6,7)/b27-14-;. The third kappa shape index (κ3) is 9.33. The van der Waals surface area contributed by atoms with Gasteiger partial charge < -0.3 is 25.2 Å². The van der Waals surface area contributed by atoms with Crippen molar-refractivity contribution in [3.8, 4) is 0 Å². The zero-order chi connectivity index (χ0) is 29.2. The van der Waals surface area contributed by atoms with Crippen molar-refractivity contribution in [3.05, 3.63) is 94.3 Å². The van der Waals surface area contributed by atoms with Crippen LogP contribution in [0.5, 0.6) is 0 Å². The van der Waals surface area contributed by atoms with Gasteiger partial charge >= 0.3 is 18.1 Å². The zero-order valence-corrected chi connectivity index (χ0v) is 21.6. The third-order valence-corrected chi connectivity index (χ3v) is 5.24. The van der Waals surface area contributed by atoms with Crippen LogP contribution < -0.4 is 5.84 Å². The number of carboxylic acids is 1. The highest BCUT2D eigenvalue weighted by atomic mass is 19.4. The van der Waals surface area contributed by atoms with E-state index in [1.165, 1.54) is 0 Å². The maximum atomic E-state index is 12.6. The van der Waals surface area contributed by atoms with Gasteiger partial charge in [-0.2, -0.15) is 18.3 Å². The summed E-state index contributed by atoms with van der Waals surface area (Å²) in [6.07, 6.45) is 0.854. The van der Waals surface area contributed by atoms with Crippen LogP contribution in [-0.2, 0) is 22.5 Å². The second-order valence-corrected chi connectivity index (χ2v) is 8.49. The van der Waals surface area contributed by atoms with Crippen LogP contribution in [0.25, 0.3) is 0 Å². The van der Waals surface area contributed by atoms with Gasteiger partial charge in [-0.1, -0.05) is 30.3 Å². The fourth-order valence-electron chi connectivity index (χ4n) is 3.49. The van der Waals surface area contributed by atoms with Crippen LogP contribution in [0.1, 0.15) is 49.9 Å². The number of halogens is 3. The van der Waals surface area contributed by atoms with Crippen molar-refractivity contribution in [2.75, 3.05) is 20.7 Å². The quantitative estimate of drug-likeness (QED) is 0.191. The highest BCUT2D eigenvalue weighted by Crippen LogP contribution is 2.20. The minimum absolute atomic E-state index is 0.0446. The first-order valence-electron chi connectivity index (χ1n) is 11.6. The van der Waals surface area contributed by atoms with Gasteiger partial charge in [-0.05, 0) is 53.8 Å². The first-order valence-corrected chi connectivity index (χ1v) is 11.6. The highest BCUT2D eigenvalue weighted by Gasteiger charge is 2.38. The number of ether oxygens (including phenoxy) is 1. The Kier molecular flexibility index (Phi) is 10.8. The van der Waals surface area contributed by atoms with Crippen LogP contribution in [0.4, 0.5) is 13.2 Å². The molecule has 1 aromatic heterocycles. The van der Waals surface area contributed by atoms with E-state index in [2.05, 4.69) is 5.10 Å². The van der Waals surface area contributed by atoms with Gasteiger partial charge in [0.25, 0.3) is 5.91 Å². The molecule has 0 spiro atoms. The summed E-state index contributed by atoms with van der Waals surface area (Å²) in [5.41, 5.74) is 5.02. The van der Waals surface area contributed by atoms with Crippen LogP contribution in [0.15, 0.2) is 66.0 Å². The van der Waals surface area contributed by atoms with Crippen molar-refractivity contribution < 1.29 is 37.4 Å². The number of esters is 1. The fraction of sp³-hybridized carbons (Fsp3) is 0.259. The number of carbonyl (C=O) groups is 3. The number of aromatic nitrogens is 1. The summed E-state index contributed by atoms with van der Waals surface area (Å²) in [6.45, 7) is 2.69. The minimum Gasteiger partial charge on any atom is -0.475 e. The zero-order valence-electron chi connectivity index (χ0n) is 21.6. The van der Waals surface area contributed by atoms with Crippen molar-refractivity contribution in [2.45, 2.75) is 26.1 Å². The number of hydrogen-bond acceptors (Lipinski definition) is 6. The minimum atomic E-state index is -5.08. The molecule has 12 heteroatoms. The van der Waals surface area contributed by atoms with Crippen LogP contribution in [0.2, 0.25) is 0 Å². The number of benzene rings is 2. The molecule has 0 unspecified atom stereocenters. The Hall–Kier alpha value is -4.61. The number of hydrazone groups is 1. The van der Waals surface area contributed by atoms with Crippen molar-refractivity contribution in [3.63, 3.8) is 0 Å². The number of nitrogens with two attached hydrogens (primary N) is 1. The lowest BCUT2D eigenvalue weighted by molar-refractivity contribution is -0.192. The lowest BCUT2D eigenvalue weighted by Crippen LogP contribution is -2.21. The molecule has 3 N–H and O–H groups in total. The van der Waals surface area contributed by atoms with E-state index in [0.717, 1.165) is 22.3 Å². The van der Waals surface area contributed by atoms with Crippen LogP contribution in [0, 0.1) is 0 Å². The van der Waals surface area contributed by atoms with Crippen LogP contribution in [-0.4, -0.2) is 65.5 Å². The molecule has 0 bridgehead atoms. The maximum absolute atomic E-state index is 12.6. The van der Waals surface area contributed by atoms with Gasteiger partial charge in [-0.25, -0.2) is 9.59 Å². The van der Waals surface area contributed by atoms with E-state index in [-0.39, 0.29) is 11.9 Å². The predicted molar refractivity (Wildman–Crippen MR) is 139 cm³/mol. The Bertz CT molecular complexity index is 1320. The molecule has 0 radical (unpaired) electrons. The normalized spacial score (nSPS) is 11.0. The van der Waals surface area contributed by atoms with E-state index in [1.54, 1.807) is 32.1 Å². The molecule has 39 heavy (non-hydrogen) atoms. The second kappa shape index (κ2) is 13.8. The predicted octanol–water partition coefficient (Wildman–Crippen LogP) is 3.93. The molecule has 0 aliphatic rings. The van der Waals surface area contributed by atoms with E-state index < -0.39 is 12.1 Å². The Labute approximate surface area is 223 Å². The number of aliphatic carboxylic acids is 1. The summed E-state index contributed by atoms with van der Waals surface area (Å²) < 4.78 is 39.0. The van der Waals surface area contributed by atoms with Gasteiger partial charge in [0.05, 0.1) is 18.4 Å². The van der Waals surface area contributed by atoms with Crippen molar-refractivity contribution in [1.82, 2.24) is 9.47 Å². The van der Waals surface area contributed by atoms with E-state index >= 15 is 0 Å². The van der Waals surface area contributed by atoms with Crippen molar-refractivity contribution in [2.24, 2.45) is 10.9 Å². The summed E-state index contributed by atoms with van der Waals surface area (Å²) in [6, 6.07) is 15.3. The monoisotopic (exact) mass is 546 g/mol. The smallest absolute Gasteiger partial charge is 0.475 e. The third-order valence-electron chi connectivity index (χ3n) is 5.24. The number of alkyl halides is 3. The molecule has 0 saturated heterocycles. The number of carboxylic acid groups (broad SMARTS) is 1. The van der Waals surface area contributed by atoms with E-state index in [4.69, 9.17) is 20.5 Å². The molecule has 0 saturated carbocycles. The average molecular weight is 547 g/mol. The summed E-state index contributed by atoms with van der Waals surface area (Å²) in [5, 5.41) is 10.7. The lowest BCUT2D eigenvalue weighted by atomic mass is 10.0. The van der Waals surface area contributed by atoms with Gasteiger partial charge in [-0.15, -0.1) is 0 Å². The van der Waals surface area contributed by atoms with Gasteiger partial charge in [0.2, 0.25) is 0 Å². The van der Waals surface area contributed by atoms with E-state index in [9.17, 15) is 22.8 Å². The second-order valence-electron chi connectivity index (χ2n) is 8.49. The molecule has 208 valence electrons. The molecule has 0 fully saturated rings. The van der Waals surface area contributed by atoms with Gasteiger partial charge in [0.15, 0.2) is 0 Å². The molecule has 3 rings (SSSR count). The lowest BCUT2D eigenvalue weighted by Gasteiger charge is -2.10. The van der Waals surface area contributed by atoms with Gasteiger partial charge in [0, 0.05) is 38.6 Å². The average Bonchev–Trinajstić information content (AvgIpc) is 3.26. The van der Waals surface area contributed by atoms with Crippen molar-refractivity contribution >= 4 is 24.1 Å². The van der Waals surface area contributed by atoms with Crippen LogP contribution in [0.3, 0.4) is 0 Å². The molecule has 0 aliphatic heterocycles. The molecule has 0 atom stereocenters. The molecule has 1 heterocycles. The van der Waals surface area contributed by atoms with Gasteiger partial charge in [-0.3, -0.25) is 4.79 Å². The topological polar surface area (TPSA) is 127 Å². The largest absolute Gasteiger partial charge is 0.490 e. The first kappa shape index (κ1) is 30.6. The number of rotatable bonds is 8. The highest BCUT2D eigenvalue weighted by molar-refractivity contribution is 5.94. The van der Waals surface area contributed by atoms with E-state index in [1.807, 2.05) is 65.5 Å². The van der Waals surface area contributed by atoms with Crippen LogP contribution >= 0.6 is 0 Å². The maximum Gasteiger partial charge on any atom is 0.490 e. The summed E-state index contributed by atoms with van der Waals surface area (Å²) >= 11 is 0. The molecule has 1 amide bonds. The fourth-order valence-corrected chi connectivity index (χ4v) is 3.49. The van der Waals surface area contributed by atoms with Gasteiger partial charge in [0.1, 0.15) is 0 Å². The van der Waals surface area contributed by atoms with E-state index in [0.29, 0.717) is 30.7 Å². The Morgan fingerprint density at radius 1 is 1.08 bits per heavy atom. The molecule has 2 aromatic carbocycles. The molecular formula is C27H29F3N4O5. The Balaban J connectivity index is 0.000000673. The molecule has 9 nitrogen and oxygen atoms in total. The number of amides is 1. The number of carbonyl (C=O) groups excluding carboxylic acids is 2. The Morgan fingerprint density at radius 2 is 1.72 bits per heavy atom. The number of hydrogen-bond donors (Lipinski definition) is 2. The molecule has 0 aliphatic carbocycles. The number of nitrogens with zero attached hydrogens (tertiary/aromatic N) is 3. The summed E-state index contributed by atoms with van der Waals surface area (Å²) in [5.74, 6) is 2.11.